The first kappa shape index (κ1) is 31.9. The lowest BCUT2D eigenvalue weighted by Crippen LogP contribution is -2.10. The van der Waals surface area contributed by atoms with Crippen molar-refractivity contribution in [1.29, 1.82) is 0 Å². The second-order valence-electron chi connectivity index (χ2n) is 14.2. The number of rotatable bonds is 6. The molecule has 0 unspecified atom stereocenters. The number of para-hydroxylation sites is 1. The Balaban J connectivity index is 1.10. The second kappa shape index (κ2) is 13.1. The summed E-state index contributed by atoms with van der Waals surface area (Å²) in [5.41, 5.74) is 10.9. The highest BCUT2D eigenvalue weighted by molar-refractivity contribution is 6.22. The highest BCUT2D eigenvalue weighted by atomic mass is 16.3. The Morgan fingerprint density at radius 1 is 0.375 bits per heavy atom. The van der Waals surface area contributed by atoms with E-state index in [0.717, 1.165) is 77.5 Å². The van der Waals surface area contributed by atoms with E-state index in [1.54, 1.807) is 0 Å². The van der Waals surface area contributed by atoms with Crippen molar-refractivity contribution in [2.24, 2.45) is 0 Å². The summed E-state index contributed by atoms with van der Waals surface area (Å²) >= 11 is 0. The third-order valence-electron chi connectivity index (χ3n) is 10.8. The van der Waals surface area contributed by atoms with Crippen LogP contribution >= 0.6 is 0 Å². The summed E-state index contributed by atoms with van der Waals surface area (Å²) < 4.78 is 6.85. The molecule has 2 heterocycles. The van der Waals surface area contributed by atoms with Crippen molar-refractivity contribution < 1.29 is 4.42 Å². The minimum atomic E-state index is 0.664. The van der Waals surface area contributed by atoms with Crippen LogP contribution in [0.1, 0.15) is 0 Å². The highest BCUT2D eigenvalue weighted by Gasteiger charge is 2.21. The molecular weight excluding hydrogens is 683 g/mol. The van der Waals surface area contributed by atoms with Gasteiger partial charge in [0.05, 0.1) is 16.9 Å². The highest BCUT2D eigenvalue weighted by Crippen LogP contribution is 2.46. The minimum absolute atomic E-state index is 0.664. The average molecular weight is 716 g/mol. The molecule has 56 heavy (non-hydrogen) atoms. The van der Waals surface area contributed by atoms with Crippen molar-refractivity contribution >= 4 is 71.4 Å². The molecule has 0 bridgehead atoms. The van der Waals surface area contributed by atoms with Crippen LogP contribution in [0.2, 0.25) is 0 Å². The molecule has 9 aromatic carbocycles. The Labute approximate surface area is 323 Å². The number of hydrogen-bond acceptors (Lipinski definition) is 4. The van der Waals surface area contributed by atoms with Crippen LogP contribution in [0.4, 0.5) is 17.1 Å². The standard InChI is InChI=1S/C52H33N3O/c1-3-13-34(14-4-1)36-23-27-40(28-24-36)55(41-29-25-35-15-7-8-18-38(35)31-41)47-33-49-50(43-20-10-9-19-42(43)47)45-30-26-39(32-48(45)56-49)52-53-46-22-12-11-21-44(46)51(54-52)37-16-5-2-6-17-37/h1-33H. The van der Waals surface area contributed by atoms with Gasteiger partial charge in [0.15, 0.2) is 5.82 Å². The summed E-state index contributed by atoms with van der Waals surface area (Å²) in [4.78, 5) is 12.5. The van der Waals surface area contributed by atoms with Crippen LogP contribution < -0.4 is 4.90 Å². The van der Waals surface area contributed by atoms with E-state index in [4.69, 9.17) is 14.4 Å². The molecule has 0 saturated carbocycles. The van der Waals surface area contributed by atoms with Gasteiger partial charge >= 0.3 is 0 Å². The van der Waals surface area contributed by atoms with Gasteiger partial charge in [-0.25, -0.2) is 9.97 Å². The van der Waals surface area contributed by atoms with E-state index in [1.165, 1.54) is 21.9 Å². The maximum Gasteiger partial charge on any atom is 0.160 e. The lowest BCUT2D eigenvalue weighted by Gasteiger charge is -2.27. The Morgan fingerprint density at radius 3 is 1.80 bits per heavy atom. The molecule has 0 saturated heterocycles. The van der Waals surface area contributed by atoms with Crippen molar-refractivity contribution in [2.45, 2.75) is 0 Å². The quantitative estimate of drug-likeness (QED) is 0.172. The van der Waals surface area contributed by atoms with Gasteiger partial charge in [-0.3, -0.25) is 0 Å². The number of furan rings is 1. The molecule has 4 nitrogen and oxygen atoms in total. The van der Waals surface area contributed by atoms with Crippen molar-refractivity contribution in [3.8, 4) is 33.8 Å². The third kappa shape index (κ3) is 5.39. The lowest BCUT2D eigenvalue weighted by atomic mass is 9.99. The van der Waals surface area contributed by atoms with Gasteiger partial charge in [-0.2, -0.15) is 0 Å². The molecule has 262 valence electrons. The molecule has 11 rings (SSSR count). The monoisotopic (exact) mass is 715 g/mol. The predicted octanol–water partition coefficient (Wildman–Crippen LogP) is 14.3. The average Bonchev–Trinajstić information content (AvgIpc) is 3.65. The molecule has 2 aromatic heterocycles. The van der Waals surface area contributed by atoms with Crippen LogP contribution in [-0.4, -0.2) is 9.97 Å². The molecule has 4 heteroatoms. The fourth-order valence-electron chi connectivity index (χ4n) is 8.14. The van der Waals surface area contributed by atoms with E-state index >= 15 is 0 Å². The fraction of sp³-hybridized carbons (Fsp3) is 0. The predicted molar refractivity (Wildman–Crippen MR) is 233 cm³/mol. The summed E-state index contributed by atoms with van der Waals surface area (Å²) in [5, 5.41) is 7.83. The van der Waals surface area contributed by atoms with Gasteiger partial charge in [0.2, 0.25) is 0 Å². The number of fused-ring (bicyclic) bond motifs is 7. The van der Waals surface area contributed by atoms with E-state index < -0.39 is 0 Å². The van der Waals surface area contributed by atoms with Crippen LogP contribution in [0.3, 0.4) is 0 Å². The molecule has 0 aliphatic heterocycles. The van der Waals surface area contributed by atoms with Gasteiger partial charge in [0, 0.05) is 50.1 Å². The molecule has 0 fully saturated rings. The van der Waals surface area contributed by atoms with Crippen LogP contribution in [0.5, 0.6) is 0 Å². The van der Waals surface area contributed by atoms with Gasteiger partial charge < -0.3 is 9.32 Å². The Bertz CT molecular complexity index is 3240. The van der Waals surface area contributed by atoms with E-state index in [1.807, 2.05) is 30.3 Å². The summed E-state index contributed by atoms with van der Waals surface area (Å²) in [7, 11) is 0. The van der Waals surface area contributed by atoms with E-state index in [2.05, 4.69) is 175 Å². The molecular formula is C52H33N3O. The van der Waals surface area contributed by atoms with Crippen molar-refractivity contribution in [3.63, 3.8) is 0 Å². The molecule has 0 N–H and O–H groups in total. The zero-order valence-corrected chi connectivity index (χ0v) is 30.3. The number of benzene rings is 9. The van der Waals surface area contributed by atoms with Crippen molar-refractivity contribution in [3.05, 3.63) is 200 Å². The number of hydrogen-bond donors (Lipinski definition) is 0. The molecule has 0 aliphatic carbocycles. The molecule has 0 aliphatic rings. The second-order valence-corrected chi connectivity index (χ2v) is 14.2. The maximum atomic E-state index is 6.85. The molecule has 11 aromatic rings. The van der Waals surface area contributed by atoms with E-state index in [-0.39, 0.29) is 0 Å². The maximum absolute atomic E-state index is 6.85. The SMILES string of the molecule is c1ccc(-c2ccc(N(c3ccc4ccccc4c3)c3cc4oc5cc(-c6nc(-c7ccccc7)c7ccccc7n6)ccc5c4c4ccccc34)cc2)cc1. The van der Waals surface area contributed by atoms with Crippen LogP contribution in [0, 0.1) is 0 Å². The Hall–Kier alpha value is -7.56. The first-order valence-corrected chi connectivity index (χ1v) is 18.9. The molecule has 0 radical (unpaired) electrons. The minimum Gasteiger partial charge on any atom is -0.456 e. The molecule has 0 spiro atoms. The smallest absolute Gasteiger partial charge is 0.160 e. The molecule has 0 amide bonds. The van der Waals surface area contributed by atoms with Gasteiger partial charge in [-0.1, -0.05) is 152 Å². The third-order valence-corrected chi connectivity index (χ3v) is 10.8. The van der Waals surface area contributed by atoms with Gasteiger partial charge in [-0.15, -0.1) is 0 Å². The van der Waals surface area contributed by atoms with E-state index in [0.29, 0.717) is 5.82 Å². The van der Waals surface area contributed by atoms with Crippen molar-refractivity contribution in [1.82, 2.24) is 9.97 Å². The van der Waals surface area contributed by atoms with Gasteiger partial charge in [0.1, 0.15) is 11.2 Å². The topological polar surface area (TPSA) is 42.2 Å². The first-order valence-electron chi connectivity index (χ1n) is 18.9. The zero-order valence-electron chi connectivity index (χ0n) is 30.3. The van der Waals surface area contributed by atoms with Crippen molar-refractivity contribution in [2.75, 3.05) is 4.90 Å². The van der Waals surface area contributed by atoms with Gasteiger partial charge in [-0.05, 0) is 69.8 Å². The van der Waals surface area contributed by atoms with Crippen LogP contribution in [0.15, 0.2) is 205 Å². The summed E-state index contributed by atoms with van der Waals surface area (Å²) in [5.74, 6) is 0.664. The van der Waals surface area contributed by atoms with Crippen LogP contribution in [-0.2, 0) is 0 Å². The Kier molecular flexibility index (Phi) is 7.46. The van der Waals surface area contributed by atoms with Crippen LogP contribution in [0.25, 0.3) is 88.2 Å². The van der Waals surface area contributed by atoms with E-state index in [9.17, 15) is 0 Å². The summed E-state index contributed by atoms with van der Waals surface area (Å²) in [6, 6.07) is 70.4. The summed E-state index contributed by atoms with van der Waals surface area (Å²) in [6.45, 7) is 0. The molecule has 0 atom stereocenters. The van der Waals surface area contributed by atoms with Gasteiger partial charge in [0.25, 0.3) is 0 Å². The largest absolute Gasteiger partial charge is 0.456 e. The fourth-order valence-corrected chi connectivity index (χ4v) is 8.14. The number of anilines is 3. The lowest BCUT2D eigenvalue weighted by molar-refractivity contribution is 0.669. The zero-order chi connectivity index (χ0) is 37.0. The normalized spacial score (nSPS) is 11.6. The summed E-state index contributed by atoms with van der Waals surface area (Å²) in [6.07, 6.45) is 0. The first-order chi connectivity index (χ1) is 27.7. The Morgan fingerprint density at radius 2 is 1.00 bits per heavy atom. The number of nitrogens with zero attached hydrogens (tertiary/aromatic N) is 3. The number of aromatic nitrogens is 2.